The number of nitrogens with one attached hydrogen (secondary N) is 1. The lowest BCUT2D eigenvalue weighted by molar-refractivity contribution is -0.708. The molecule has 2 rings (SSSR count). The molecule has 0 unspecified atom stereocenters. The fourth-order valence-electron chi connectivity index (χ4n) is 1.17. The van der Waals surface area contributed by atoms with Crippen LogP contribution in [0.5, 0.6) is 0 Å². The average molecular weight is 194 g/mol. The van der Waals surface area contributed by atoms with Crippen molar-refractivity contribution in [2.75, 3.05) is 0 Å². The SMILES string of the molecule is Cn1c(=O)[nH]c2c(ncn[n+]2C)c1=O. The molecule has 72 valence electrons. The van der Waals surface area contributed by atoms with Gasteiger partial charge in [0.25, 0.3) is 5.56 Å². The van der Waals surface area contributed by atoms with Gasteiger partial charge in [0.15, 0.2) is 6.33 Å². The molecule has 0 bridgehead atoms. The van der Waals surface area contributed by atoms with Crippen LogP contribution < -0.4 is 15.9 Å². The summed E-state index contributed by atoms with van der Waals surface area (Å²) in [6.07, 6.45) is 1.27. The predicted molar refractivity (Wildman–Crippen MR) is 46.6 cm³/mol. The summed E-state index contributed by atoms with van der Waals surface area (Å²) in [6, 6.07) is 0. The van der Waals surface area contributed by atoms with Gasteiger partial charge in [0.1, 0.15) is 7.05 Å². The third-order valence-corrected chi connectivity index (χ3v) is 2.00. The number of aromatic nitrogens is 5. The molecule has 0 saturated carbocycles. The molecule has 0 amide bonds. The van der Waals surface area contributed by atoms with Crippen molar-refractivity contribution in [3.63, 3.8) is 0 Å². The predicted octanol–water partition coefficient (Wildman–Crippen LogP) is -2.16. The first-order chi connectivity index (χ1) is 6.61. The van der Waals surface area contributed by atoms with Crippen LogP contribution >= 0.6 is 0 Å². The number of rotatable bonds is 0. The van der Waals surface area contributed by atoms with Crippen LogP contribution in [0.1, 0.15) is 0 Å². The third kappa shape index (κ3) is 1.02. The first-order valence-electron chi connectivity index (χ1n) is 3.91. The maximum Gasteiger partial charge on any atom is 0.416 e. The van der Waals surface area contributed by atoms with E-state index in [1.165, 1.54) is 18.1 Å². The summed E-state index contributed by atoms with van der Waals surface area (Å²) in [5.74, 6) is 0. The van der Waals surface area contributed by atoms with Gasteiger partial charge in [-0.1, -0.05) is 5.10 Å². The first-order valence-corrected chi connectivity index (χ1v) is 3.91. The van der Waals surface area contributed by atoms with Crippen LogP contribution in [0.3, 0.4) is 0 Å². The Morgan fingerprint density at radius 2 is 2.21 bits per heavy atom. The Labute approximate surface area is 77.7 Å². The van der Waals surface area contributed by atoms with Crippen molar-refractivity contribution < 1.29 is 4.68 Å². The summed E-state index contributed by atoms with van der Waals surface area (Å²) in [6.45, 7) is 0. The van der Waals surface area contributed by atoms with Crippen molar-refractivity contribution in [3.8, 4) is 0 Å². The smallest absolute Gasteiger partial charge is 0.266 e. The molecule has 0 aliphatic rings. The average Bonchev–Trinajstić information content (AvgIpc) is 2.17. The van der Waals surface area contributed by atoms with Gasteiger partial charge in [-0.05, 0) is 0 Å². The normalized spacial score (nSPS) is 10.7. The molecule has 7 heteroatoms. The van der Waals surface area contributed by atoms with Crippen LogP contribution in [0.2, 0.25) is 0 Å². The molecule has 0 saturated heterocycles. The Hall–Kier alpha value is -2.05. The van der Waals surface area contributed by atoms with E-state index in [1.54, 1.807) is 7.05 Å². The van der Waals surface area contributed by atoms with Crippen LogP contribution in [-0.4, -0.2) is 19.6 Å². The minimum Gasteiger partial charge on any atom is -0.266 e. The number of hydrogen-bond donors (Lipinski definition) is 1. The maximum atomic E-state index is 11.5. The molecule has 0 spiro atoms. The summed E-state index contributed by atoms with van der Waals surface area (Å²) >= 11 is 0. The number of aromatic amines is 1. The fourth-order valence-corrected chi connectivity index (χ4v) is 1.17. The van der Waals surface area contributed by atoms with Crippen LogP contribution in [-0.2, 0) is 14.1 Å². The van der Waals surface area contributed by atoms with E-state index in [0.29, 0.717) is 5.65 Å². The molecule has 2 aromatic heterocycles. The number of fused-ring (bicyclic) bond motifs is 1. The molecule has 2 heterocycles. The zero-order chi connectivity index (χ0) is 10.3. The lowest BCUT2D eigenvalue weighted by Crippen LogP contribution is -2.42. The number of aryl methyl sites for hydroxylation is 1. The molecule has 0 aliphatic heterocycles. The van der Waals surface area contributed by atoms with Gasteiger partial charge in [-0.2, -0.15) is 4.98 Å². The molecule has 0 aliphatic carbocycles. The Morgan fingerprint density at radius 1 is 1.50 bits per heavy atom. The highest BCUT2D eigenvalue weighted by Crippen LogP contribution is 1.88. The lowest BCUT2D eigenvalue weighted by Gasteiger charge is -1.95. The van der Waals surface area contributed by atoms with Gasteiger partial charge in [0, 0.05) is 7.05 Å². The Bertz CT molecular complexity index is 611. The monoisotopic (exact) mass is 194 g/mol. The van der Waals surface area contributed by atoms with Crippen molar-refractivity contribution in [3.05, 3.63) is 27.2 Å². The molecule has 0 radical (unpaired) electrons. The Kier molecular flexibility index (Phi) is 1.66. The van der Waals surface area contributed by atoms with E-state index in [1.807, 2.05) is 0 Å². The molecule has 7 nitrogen and oxygen atoms in total. The standard InChI is InChI=1S/C7H7N5O2/c1-11-6(13)4-5(10-7(11)14)12(2)9-3-8-4/h3H,1-2H3/p+1. The molecule has 14 heavy (non-hydrogen) atoms. The minimum atomic E-state index is -0.479. The van der Waals surface area contributed by atoms with Crippen molar-refractivity contribution >= 4 is 11.2 Å². The summed E-state index contributed by atoms with van der Waals surface area (Å²) in [4.78, 5) is 29.1. The topological polar surface area (TPSA) is 84.5 Å². The molecular formula is C7H8N5O2+. The van der Waals surface area contributed by atoms with Gasteiger partial charge in [-0.15, -0.1) is 4.68 Å². The van der Waals surface area contributed by atoms with Gasteiger partial charge in [0.2, 0.25) is 5.52 Å². The maximum absolute atomic E-state index is 11.5. The zero-order valence-corrected chi connectivity index (χ0v) is 7.68. The zero-order valence-electron chi connectivity index (χ0n) is 7.68. The highest BCUT2D eigenvalue weighted by atomic mass is 16.2. The summed E-state index contributed by atoms with van der Waals surface area (Å²) in [5.41, 5.74) is -0.389. The van der Waals surface area contributed by atoms with Crippen LogP contribution in [0.4, 0.5) is 0 Å². The van der Waals surface area contributed by atoms with Crippen molar-refractivity contribution in [2.24, 2.45) is 14.1 Å². The number of H-pyrrole nitrogens is 1. The van der Waals surface area contributed by atoms with E-state index in [0.717, 1.165) is 4.57 Å². The molecule has 1 N–H and O–H groups in total. The Morgan fingerprint density at radius 3 is 2.93 bits per heavy atom. The summed E-state index contributed by atoms with van der Waals surface area (Å²) in [5, 5.41) is 3.81. The molecule has 0 atom stereocenters. The highest BCUT2D eigenvalue weighted by Gasteiger charge is 2.13. The lowest BCUT2D eigenvalue weighted by atomic mass is 10.5. The van der Waals surface area contributed by atoms with Gasteiger partial charge in [-0.3, -0.25) is 4.79 Å². The molecule has 0 aromatic carbocycles. The summed E-state index contributed by atoms with van der Waals surface area (Å²) < 4.78 is 2.36. The molecular weight excluding hydrogens is 186 g/mol. The second-order valence-corrected chi connectivity index (χ2v) is 2.88. The minimum absolute atomic E-state index is 0.199. The van der Waals surface area contributed by atoms with Crippen LogP contribution in [0.25, 0.3) is 11.2 Å². The summed E-state index contributed by atoms with van der Waals surface area (Å²) in [7, 11) is 3.02. The van der Waals surface area contributed by atoms with E-state index in [2.05, 4.69) is 15.1 Å². The van der Waals surface area contributed by atoms with E-state index < -0.39 is 11.2 Å². The van der Waals surface area contributed by atoms with Gasteiger partial charge in [0.05, 0.1) is 0 Å². The van der Waals surface area contributed by atoms with E-state index >= 15 is 0 Å². The quantitative estimate of drug-likeness (QED) is 0.484. The molecule has 2 aromatic rings. The first kappa shape index (κ1) is 8.54. The van der Waals surface area contributed by atoms with Crippen molar-refractivity contribution in [1.82, 2.24) is 19.6 Å². The largest absolute Gasteiger partial charge is 0.416 e. The van der Waals surface area contributed by atoms with Crippen molar-refractivity contribution in [2.45, 2.75) is 0 Å². The van der Waals surface area contributed by atoms with Gasteiger partial charge >= 0.3 is 11.3 Å². The number of nitrogens with zero attached hydrogens (tertiary/aromatic N) is 4. The Balaban J connectivity index is 3.14. The fraction of sp³-hybridized carbons (Fsp3) is 0.286. The number of hydrogen-bond acceptors (Lipinski definition) is 4. The van der Waals surface area contributed by atoms with Gasteiger partial charge in [-0.25, -0.2) is 14.3 Å². The third-order valence-electron chi connectivity index (χ3n) is 2.00. The second-order valence-electron chi connectivity index (χ2n) is 2.88. The van der Waals surface area contributed by atoms with Crippen molar-refractivity contribution in [1.29, 1.82) is 0 Å². The van der Waals surface area contributed by atoms with E-state index in [-0.39, 0.29) is 5.52 Å². The highest BCUT2D eigenvalue weighted by molar-refractivity contribution is 5.63. The van der Waals surface area contributed by atoms with Crippen LogP contribution in [0, 0.1) is 0 Å². The van der Waals surface area contributed by atoms with Crippen LogP contribution in [0.15, 0.2) is 15.9 Å². The van der Waals surface area contributed by atoms with Gasteiger partial charge < -0.3 is 0 Å². The van der Waals surface area contributed by atoms with E-state index in [4.69, 9.17) is 0 Å². The molecule has 0 fully saturated rings. The van der Waals surface area contributed by atoms with E-state index in [9.17, 15) is 9.59 Å². The second kappa shape index (κ2) is 2.72.